The average Bonchev–Trinajstić information content (AvgIpc) is 2.77. The molecular weight excluding hydrogens is 412 g/mol. The maximum Gasteiger partial charge on any atom is 0.309 e. The lowest BCUT2D eigenvalue weighted by atomic mass is 9.98. The summed E-state index contributed by atoms with van der Waals surface area (Å²) in [4.78, 5) is 22.8. The minimum absolute atomic E-state index is 0.0646. The molecule has 0 N–H and O–H groups in total. The van der Waals surface area contributed by atoms with Gasteiger partial charge in [0.2, 0.25) is 10.0 Å². The van der Waals surface area contributed by atoms with Gasteiger partial charge in [-0.15, -0.1) is 0 Å². The Balaban J connectivity index is 1.54. The first-order valence-corrected chi connectivity index (χ1v) is 10.8. The maximum absolute atomic E-state index is 12.8. The van der Waals surface area contributed by atoms with Gasteiger partial charge in [-0.1, -0.05) is 12.1 Å². The van der Waals surface area contributed by atoms with Gasteiger partial charge in [0.25, 0.3) is 5.69 Å². The summed E-state index contributed by atoms with van der Waals surface area (Å²) in [5, 5.41) is 10.8. The summed E-state index contributed by atoms with van der Waals surface area (Å²) in [5.41, 5.74) is 0.456. The minimum atomic E-state index is -3.64. The van der Waals surface area contributed by atoms with E-state index in [1.54, 1.807) is 18.2 Å². The predicted octanol–water partition coefficient (Wildman–Crippen LogP) is 2.75. The van der Waals surface area contributed by atoms with E-state index in [-0.39, 0.29) is 30.3 Å². The van der Waals surface area contributed by atoms with Crippen molar-refractivity contribution in [2.75, 3.05) is 20.2 Å². The zero-order valence-electron chi connectivity index (χ0n) is 16.4. The Kier molecular flexibility index (Phi) is 6.68. The highest BCUT2D eigenvalue weighted by atomic mass is 32.2. The third kappa shape index (κ3) is 4.95. The summed E-state index contributed by atoms with van der Waals surface area (Å²) in [5.74, 6) is -0.270. The fourth-order valence-corrected chi connectivity index (χ4v) is 4.73. The van der Waals surface area contributed by atoms with E-state index >= 15 is 0 Å². The Hall–Kier alpha value is -2.98. The number of nitro benzene ring substituents is 1. The number of nitro groups is 1. The molecule has 0 aromatic heterocycles. The van der Waals surface area contributed by atoms with Crippen LogP contribution in [0, 0.1) is 16.0 Å². The van der Waals surface area contributed by atoms with Crippen LogP contribution < -0.4 is 4.74 Å². The van der Waals surface area contributed by atoms with Gasteiger partial charge in [-0.3, -0.25) is 14.9 Å². The minimum Gasteiger partial charge on any atom is -0.497 e. The Labute approximate surface area is 174 Å². The average molecular weight is 434 g/mol. The van der Waals surface area contributed by atoms with Crippen molar-refractivity contribution >= 4 is 21.7 Å². The number of piperidine rings is 1. The molecule has 30 heavy (non-hydrogen) atoms. The second kappa shape index (κ2) is 9.23. The number of methoxy groups -OCH3 is 1. The Bertz CT molecular complexity index is 1010. The zero-order valence-corrected chi connectivity index (χ0v) is 17.2. The lowest BCUT2D eigenvalue weighted by Gasteiger charge is -2.30. The molecule has 0 bridgehead atoms. The van der Waals surface area contributed by atoms with Gasteiger partial charge < -0.3 is 9.47 Å². The number of sulfonamides is 1. The summed E-state index contributed by atoms with van der Waals surface area (Å²) in [7, 11) is -2.14. The smallest absolute Gasteiger partial charge is 0.309 e. The van der Waals surface area contributed by atoms with E-state index < -0.39 is 26.8 Å². The molecule has 1 saturated heterocycles. The summed E-state index contributed by atoms with van der Waals surface area (Å²) < 4.78 is 37.2. The van der Waals surface area contributed by atoms with Crippen LogP contribution in [0.5, 0.6) is 5.75 Å². The molecule has 1 heterocycles. The van der Waals surface area contributed by atoms with Gasteiger partial charge in [-0.2, -0.15) is 4.31 Å². The standard InChI is InChI=1S/C20H22N2O7S/c1-28-18-5-7-19(8-6-18)30(26,27)21-11-9-16(10-12-21)20(23)29-14-15-3-2-4-17(13-15)22(24)25/h2-8,13,16H,9-12,14H2,1H3. The van der Waals surface area contributed by atoms with Gasteiger partial charge in [-0.25, -0.2) is 8.42 Å². The zero-order chi connectivity index (χ0) is 21.7. The molecule has 2 aromatic rings. The normalized spacial score (nSPS) is 15.5. The molecule has 1 aliphatic rings. The molecule has 0 radical (unpaired) electrons. The summed E-state index contributed by atoms with van der Waals surface area (Å²) in [6.07, 6.45) is 0.701. The van der Waals surface area contributed by atoms with Crippen molar-refractivity contribution in [1.82, 2.24) is 4.31 Å². The number of hydrogen-bond acceptors (Lipinski definition) is 7. The largest absolute Gasteiger partial charge is 0.497 e. The van der Waals surface area contributed by atoms with Crippen molar-refractivity contribution in [3.8, 4) is 5.75 Å². The van der Waals surface area contributed by atoms with E-state index in [1.165, 1.54) is 41.7 Å². The quantitative estimate of drug-likeness (QED) is 0.374. The van der Waals surface area contributed by atoms with E-state index in [4.69, 9.17) is 9.47 Å². The van der Waals surface area contributed by atoms with E-state index in [9.17, 15) is 23.3 Å². The molecule has 2 aromatic carbocycles. The van der Waals surface area contributed by atoms with Gasteiger partial charge >= 0.3 is 5.97 Å². The molecule has 10 heteroatoms. The second-order valence-electron chi connectivity index (χ2n) is 6.89. The molecule has 1 aliphatic heterocycles. The molecular formula is C20H22N2O7S. The molecule has 0 atom stereocenters. The lowest BCUT2D eigenvalue weighted by molar-refractivity contribution is -0.384. The van der Waals surface area contributed by atoms with Crippen molar-refractivity contribution in [1.29, 1.82) is 0 Å². The van der Waals surface area contributed by atoms with Crippen molar-refractivity contribution in [2.24, 2.45) is 5.92 Å². The molecule has 0 amide bonds. The predicted molar refractivity (Wildman–Crippen MR) is 107 cm³/mol. The van der Waals surface area contributed by atoms with E-state index in [1.807, 2.05) is 0 Å². The molecule has 0 saturated carbocycles. The molecule has 0 unspecified atom stereocenters. The first-order chi connectivity index (χ1) is 14.3. The topological polar surface area (TPSA) is 116 Å². The molecule has 3 rings (SSSR count). The van der Waals surface area contributed by atoms with E-state index in [2.05, 4.69) is 0 Å². The van der Waals surface area contributed by atoms with E-state index in [0.29, 0.717) is 24.2 Å². The number of non-ortho nitro benzene ring substituents is 1. The summed E-state index contributed by atoms with van der Waals surface area (Å²) >= 11 is 0. The number of carbonyl (C=O) groups excluding carboxylic acids is 1. The van der Waals surface area contributed by atoms with Gasteiger partial charge in [0.05, 0.1) is 22.8 Å². The van der Waals surface area contributed by atoms with Crippen LogP contribution in [0.3, 0.4) is 0 Å². The Morgan fingerprint density at radius 1 is 1.17 bits per heavy atom. The number of ether oxygens (including phenoxy) is 2. The van der Waals surface area contributed by atoms with Gasteiger partial charge in [0, 0.05) is 25.2 Å². The fraction of sp³-hybridized carbons (Fsp3) is 0.350. The van der Waals surface area contributed by atoms with Crippen molar-refractivity contribution < 1.29 is 27.6 Å². The van der Waals surface area contributed by atoms with E-state index in [0.717, 1.165) is 0 Å². The molecule has 160 valence electrons. The van der Waals surface area contributed by atoms with Gasteiger partial charge in [-0.05, 0) is 42.7 Å². The highest BCUT2D eigenvalue weighted by Gasteiger charge is 2.32. The lowest BCUT2D eigenvalue weighted by Crippen LogP contribution is -2.40. The van der Waals surface area contributed by atoms with Crippen molar-refractivity contribution in [2.45, 2.75) is 24.3 Å². The van der Waals surface area contributed by atoms with Crippen LogP contribution in [0.25, 0.3) is 0 Å². The van der Waals surface area contributed by atoms with Crippen LogP contribution >= 0.6 is 0 Å². The highest BCUT2D eigenvalue weighted by molar-refractivity contribution is 7.89. The number of carbonyl (C=O) groups is 1. The Morgan fingerprint density at radius 2 is 1.83 bits per heavy atom. The Morgan fingerprint density at radius 3 is 2.43 bits per heavy atom. The molecule has 0 aliphatic carbocycles. The van der Waals surface area contributed by atoms with Crippen LogP contribution in [0.4, 0.5) is 5.69 Å². The van der Waals surface area contributed by atoms with Crippen LogP contribution in [-0.2, 0) is 26.2 Å². The van der Waals surface area contributed by atoms with Crippen LogP contribution in [0.15, 0.2) is 53.4 Å². The third-order valence-electron chi connectivity index (χ3n) is 4.99. The summed E-state index contributed by atoms with van der Waals surface area (Å²) in [6, 6.07) is 12.1. The third-order valence-corrected chi connectivity index (χ3v) is 6.90. The van der Waals surface area contributed by atoms with Crippen LogP contribution in [0.2, 0.25) is 0 Å². The van der Waals surface area contributed by atoms with Gasteiger partial charge in [0.15, 0.2) is 0 Å². The summed E-state index contributed by atoms with van der Waals surface area (Å²) in [6.45, 7) is 0.362. The second-order valence-corrected chi connectivity index (χ2v) is 8.83. The first kappa shape index (κ1) is 21.7. The monoisotopic (exact) mass is 434 g/mol. The van der Waals surface area contributed by atoms with Crippen LogP contribution in [-0.4, -0.2) is 43.8 Å². The maximum atomic E-state index is 12.8. The molecule has 1 fully saturated rings. The highest BCUT2D eigenvalue weighted by Crippen LogP contribution is 2.26. The van der Waals surface area contributed by atoms with Crippen molar-refractivity contribution in [3.05, 3.63) is 64.2 Å². The van der Waals surface area contributed by atoms with Crippen molar-refractivity contribution in [3.63, 3.8) is 0 Å². The SMILES string of the molecule is COc1ccc(S(=O)(=O)N2CCC(C(=O)OCc3cccc([N+](=O)[O-])c3)CC2)cc1. The number of nitrogens with zero attached hydrogens (tertiary/aromatic N) is 2. The number of hydrogen-bond donors (Lipinski definition) is 0. The molecule has 0 spiro atoms. The number of benzene rings is 2. The van der Waals surface area contributed by atoms with Gasteiger partial charge in [0.1, 0.15) is 12.4 Å². The van der Waals surface area contributed by atoms with Crippen LogP contribution in [0.1, 0.15) is 18.4 Å². The first-order valence-electron chi connectivity index (χ1n) is 9.35. The fourth-order valence-electron chi connectivity index (χ4n) is 3.26. The molecule has 9 nitrogen and oxygen atoms in total. The number of rotatable bonds is 7. The number of esters is 1.